The molecule has 72 valence electrons. The van der Waals surface area contributed by atoms with Crippen LogP contribution in [0.4, 0.5) is 4.39 Å². The van der Waals surface area contributed by atoms with E-state index in [1.165, 1.54) is 0 Å². The molecule has 3 heteroatoms. The minimum absolute atomic E-state index is 0.491. The Morgan fingerprint density at radius 2 is 2.31 bits per heavy atom. The van der Waals surface area contributed by atoms with Crippen molar-refractivity contribution < 1.29 is 9.50 Å². The van der Waals surface area contributed by atoms with Gasteiger partial charge in [0.05, 0.1) is 6.10 Å². The van der Waals surface area contributed by atoms with E-state index in [4.69, 9.17) is 0 Å². The van der Waals surface area contributed by atoms with E-state index in [-0.39, 0.29) is 0 Å². The Balaban J connectivity index is 2.18. The summed E-state index contributed by atoms with van der Waals surface area (Å²) in [5.41, 5.74) is -0.517. The lowest BCUT2D eigenvalue weighted by molar-refractivity contribution is 0.0906. The Bertz CT molecular complexity index is 322. The average Bonchev–Trinajstić information content (AvgIpc) is 2.51. The maximum atomic E-state index is 12.9. The third-order valence-corrected chi connectivity index (χ3v) is 3.88. The summed E-state index contributed by atoms with van der Waals surface area (Å²) in [4.78, 5) is 2.05. The molecule has 13 heavy (non-hydrogen) atoms. The van der Waals surface area contributed by atoms with Crippen molar-refractivity contribution in [2.75, 3.05) is 0 Å². The molecule has 2 rings (SSSR count). The quantitative estimate of drug-likeness (QED) is 0.778. The zero-order valence-corrected chi connectivity index (χ0v) is 8.57. The monoisotopic (exact) mass is 200 g/mol. The van der Waals surface area contributed by atoms with Crippen LogP contribution >= 0.6 is 11.3 Å². The molecule has 1 fully saturated rings. The fourth-order valence-electron chi connectivity index (χ4n) is 1.54. The van der Waals surface area contributed by atoms with Gasteiger partial charge in [0.25, 0.3) is 0 Å². The lowest BCUT2D eigenvalue weighted by Crippen LogP contribution is -2.11. The van der Waals surface area contributed by atoms with Crippen LogP contribution in [-0.4, -0.2) is 11.3 Å². The number of rotatable bonds is 2. The molecule has 1 aromatic rings. The maximum absolute atomic E-state index is 12.9. The summed E-state index contributed by atoms with van der Waals surface area (Å²) in [6.07, 6.45) is -0.961. The molecule has 0 aliphatic heterocycles. The highest BCUT2D eigenvalue weighted by Crippen LogP contribution is 2.57. The summed E-state index contributed by atoms with van der Waals surface area (Å²) in [6.45, 7) is 3.79. The Kier molecular flexibility index (Phi) is 1.96. The van der Waals surface area contributed by atoms with E-state index >= 15 is 0 Å². The third-order valence-electron chi connectivity index (χ3n) is 2.83. The third kappa shape index (κ3) is 1.40. The van der Waals surface area contributed by atoms with Crippen molar-refractivity contribution in [3.63, 3.8) is 0 Å². The largest absolute Gasteiger partial charge is 0.387 e. The second-order valence-corrected chi connectivity index (χ2v) is 5.35. The van der Waals surface area contributed by atoms with E-state index in [0.29, 0.717) is 6.42 Å². The predicted molar refractivity (Wildman–Crippen MR) is 51.6 cm³/mol. The first kappa shape index (κ1) is 9.16. The Hall–Kier alpha value is -0.410. The van der Waals surface area contributed by atoms with Gasteiger partial charge in [0.1, 0.15) is 6.17 Å². The minimum atomic E-state index is -0.829. The summed E-state index contributed by atoms with van der Waals surface area (Å²) < 4.78 is 12.9. The van der Waals surface area contributed by atoms with E-state index in [2.05, 4.69) is 0 Å². The number of aliphatic hydroxyl groups is 1. The lowest BCUT2D eigenvalue weighted by atomic mass is 10.0. The normalized spacial score (nSPS) is 34.6. The van der Waals surface area contributed by atoms with Crippen LogP contribution < -0.4 is 0 Å². The van der Waals surface area contributed by atoms with Gasteiger partial charge >= 0.3 is 0 Å². The van der Waals surface area contributed by atoms with Crippen LogP contribution in [0.1, 0.15) is 29.2 Å². The van der Waals surface area contributed by atoms with Gasteiger partial charge < -0.3 is 5.11 Å². The molecule has 1 nitrogen and oxygen atoms in total. The van der Waals surface area contributed by atoms with Gasteiger partial charge in [0.15, 0.2) is 0 Å². The van der Waals surface area contributed by atoms with Gasteiger partial charge in [-0.25, -0.2) is 4.39 Å². The minimum Gasteiger partial charge on any atom is -0.387 e. The van der Waals surface area contributed by atoms with Crippen molar-refractivity contribution >= 4 is 11.3 Å². The first-order valence-electron chi connectivity index (χ1n) is 4.42. The van der Waals surface area contributed by atoms with Crippen LogP contribution in [0.15, 0.2) is 12.1 Å². The van der Waals surface area contributed by atoms with Crippen molar-refractivity contribution in [1.29, 1.82) is 0 Å². The van der Waals surface area contributed by atoms with Gasteiger partial charge in [-0.3, -0.25) is 0 Å². The number of hydrogen-bond acceptors (Lipinski definition) is 2. The standard InChI is InChI=1S/C10H13FOS/c1-6-3-4-7(13-6)9(12)10(2)5-8(10)11/h3-4,8-9,12H,5H2,1-2H3. The second kappa shape index (κ2) is 2.79. The highest BCUT2D eigenvalue weighted by atomic mass is 32.1. The van der Waals surface area contributed by atoms with E-state index in [1.807, 2.05) is 19.1 Å². The smallest absolute Gasteiger partial charge is 0.109 e. The van der Waals surface area contributed by atoms with Gasteiger partial charge in [-0.05, 0) is 25.5 Å². The molecule has 0 amide bonds. The number of hydrogen-bond donors (Lipinski definition) is 1. The number of aliphatic hydroxyl groups excluding tert-OH is 1. The molecule has 0 spiro atoms. The molecule has 1 aromatic heterocycles. The molecule has 0 saturated heterocycles. The zero-order valence-electron chi connectivity index (χ0n) is 7.75. The molecule has 1 heterocycles. The van der Waals surface area contributed by atoms with Crippen molar-refractivity contribution in [2.24, 2.45) is 5.41 Å². The van der Waals surface area contributed by atoms with Gasteiger partial charge in [-0.2, -0.15) is 0 Å². The highest BCUT2D eigenvalue weighted by Gasteiger charge is 2.56. The Morgan fingerprint density at radius 1 is 1.69 bits per heavy atom. The number of aryl methyl sites for hydroxylation is 1. The molecule has 1 N–H and O–H groups in total. The molecule has 0 aromatic carbocycles. The Labute approximate surface area is 81.2 Å². The van der Waals surface area contributed by atoms with E-state index in [0.717, 1.165) is 9.75 Å². The number of halogens is 1. The molecule has 1 aliphatic rings. The van der Waals surface area contributed by atoms with Crippen LogP contribution in [0.2, 0.25) is 0 Å². The van der Waals surface area contributed by atoms with E-state index < -0.39 is 17.7 Å². The Morgan fingerprint density at radius 3 is 2.69 bits per heavy atom. The van der Waals surface area contributed by atoms with Crippen LogP contribution in [0.5, 0.6) is 0 Å². The van der Waals surface area contributed by atoms with Crippen molar-refractivity contribution in [1.82, 2.24) is 0 Å². The van der Waals surface area contributed by atoms with Crippen LogP contribution in [0.3, 0.4) is 0 Å². The topological polar surface area (TPSA) is 20.2 Å². The van der Waals surface area contributed by atoms with Gasteiger partial charge in [0.2, 0.25) is 0 Å². The average molecular weight is 200 g/mol. The molecule has 1 saturated carbocycles. The van der Waals surface area contributed by atoms with Crippen molar-refractivity contribution in [3.8, 4) is 0 Å². The zero-order chi connectivity index (χ0) is 9.64. The van der Waals surface area contributed by atoms with Crippen LogP contribution in [0.25, 0.3) is 0 Å². The van der Waals surface area contributed by atoms with Gasteiger partial charge in [0, 0.05) is 15.2 Å². The van der Waals surface area contributed by atoms with Gasteiger partial charge in [-0.15, -0.1) is 11.3 Å². The van der Waals surface area contributed by atoms with E-state index in [1.54, 1.807) is 18.3 Å². The first-order chi connectivity index (χ1) is 6.04. The maximum Gasteiger partial charge on any atom is 0.109 e. The summed E-state index contributed by atoms with van der Waals surface area (Å²) in [5, 5.41) is 9.87. The lowest BCUT2D eigenvalue weighted by Gasteiger charge is -2.15. The van der Waals surface area contributed by atoms with Crippen molar-refractivity contribution in [3.05, 3.63) is 21.9 Å². The SMILES string of the molecule is Cc1ccc(C(O)C2(C)CC2F)s1. The second-order valence-electron chi connectivity index (χ2n) is 4.03. The number of alkyl halides is 1. The first-order valence-corrected chi connectivity index (χ1v) is 5.24. The fraction of sp³-hybridized carbons (Fsp3) is 0.600. The summed E-state index contributed by atoms with van der Waals surface area (Å²) >= 11 is 1.55. The highest BCUT2D eigenvalue weighted by molar-refractivity contribution is 7.12. The predicted octanol–water partition coefficient (Wildman–Crippen LogP) is 2.84. The molecule has 0 bridgehead atoms. The molecular formula is C10H13FOS. The van der Waals surface area contributed by atoms with Crippen LogP contribution in [-0.2, 0) is 0 Å². The summed E-state index contributed by atoms with van der Waals surface area (Å²) in [5.74, 6) is 0. The molecule has 1 aliphatic carbocycles. The molecule has 0 radical (unpaired) electrons. The number of thiophene rings is 1. The van der Waals surface area contributed by atoms with Gasteiger partial charge in [-0.1, -0.05) is 6.92 Å². The summed E-state index contributed by atoms with van der Waals surface area (Å²) in [6, 6.07) is 3.85. The summed E-state index contributed by atoms with van der Waals surface area (Å²) in [7, 11) is 0. The van der Waals surface area contributed by atoms with E-state index in [9.17, 15) is 9.50 Å². The van der Waals surface area contributed by atoms with Crippen molar-refractivity contribution in [2.45, 2.75) is 32.5 Å². The molecule has 3 atom stereocenters. The fourth-order valence-corrected chi connectivity index (χ4v) is 2.56. The molecular weight excluding hydrogens is 187 g/mol. The van der Waals surface area contributed by atoms with Crippen LogP contribution in [0, 0.1) is 12.3 Å². The molecule has 3 unspecified atom stereocenters.